The highest BCUT2D eigenvalue weighted by Crippen LogP contribution is 2.07. The van der Waals surface area contributed by atoms with E-state index in [0.717, 1.165) is 0 Å². The van der Waals surface area contributed by atoms with Crippen molar-refractivity contribution < 1.29 is 19.3 Å². The van der Waals surface area contributed by atoms with E-state index in [-0.39, 0.29) is 23.6 Å². The highest BCUT2D eigenvalue weighted by Gasteiger charge is 2.15. The second kappa shape index (κ2) is 5.17. The van der Waals surface area contributed by atoms with Gasteiger partial charge in [-0.3, -0.25) is 4.79 Å². The zero-order valence-electron chi connectivity index (χ0n) is 9.66. The number of carbonyl (C=O) groups is 2. The number of nitrogen functional groups attached to an aromatic ring is 1. The molecule has 2 aromatic rings. The van der Waals surface area contributed by atoms with Gasteiger partial charge in [0.25, 0.3) is 5.91 Å². The highest BCUT2D eigenvalue weighted by molar-refractivity contribution is 5.96. The molecule has 0 aliphatic rings. The lowest BCUT2D eigenvalue weighted by Crippen LogP contribution is -2.24. The Labute approximate surface area is 107 Å². The summed E-state index contributed by atoms with van der Waals surface area (Å²) in [6, 6.07) is 6.22. The number of hydrogen-bond acceptors (Lipinski definition) is 6. The van der Waals surface area contributed by atoms with Gasteiger partial charge in [0.2, 0.25) is 11.5 Å². The quantitative estimate of drug-likeness (QED) is 0.720. The predicted octanol–water partition coefficient (Wildman–Crippen LogP) is 0.280. The first-order valence-corrected chi connectivity index (χ1v) is 5.26. The topological polar surface area (TPSA) is 131 Å². The second-order valence-corrected chi connectivity index (χ2v) is 3.69. The van der Waals surface area contributed by atoms with Gasteiger partial charge >= 0.3 is 5.97 Å². The zero-order chi connectivity index (χ0) is 13.8. The van der Waals surface area contributed by atoms with E-state index in [1.54, 1.807) is 12.1 Å². The molecule has 1 aromatic carbocycles. The molecule has 0 aliphatic heterocycles. The highest BCUT2D eigenvalue weighted by atomic mass is 16.6. The normalized spacial score (nSPS) is 10.1. The molecule has 8 nitrogen and oxygen atoms in total. The van der Waals surface area contributed by atoms with Gasteiger partial charge in [-0.25, -0.2) is 9.42 Å². The van der Waals surface area contributed by atoms with Crippen LogP contribution in [0.1, 0.15) is 26.4 Å². The van der Waals surface area contributed by atoms with Crippen molar-refractivity contribution in [3.8, 4) is 0 Å². The molecule has 0 spiro atoms. The Morgan fingerprint density at radius 1 is 1.37 bits per heavy atom. The van der Waals surface area contributed by atoms with Crippen LogP contribution in [0.3, 0.4) is 0 Å². The minimum Gasteiger partial charge on any atom is -0.478 e. The number of hydrogen-bond donors (Lipinski definition) is 3. The zero-order valence-corrected chi connectivity index (χ0v) is 9.66. The van der Waals surface area contributed by atoms with Gasteiger partial charge in [-0.1, -0.05) is 12.1 Å². The summed E-state index contributed by atoms with van der Waals surface area (Å²) in [6.07, 6.45) is 0. The number of nitrogens with zero attached hydrogens (tertiary/aromatic N) is 2. The van der Waals surface area contributed by atoms with Crippen LogP contribution in [0.2, 0.25) is 0 Å². The Bertz CT molecular complexity index is 623. The van der Waals surface area contributed by atoms with E-state index in [4.69, 9.17) is 10.8 Å². The molecule has 0 radical (unpaired) electrons. The van der Waals surface area contributed by atoms with Gasteiger partial charge in [-0.05, 0) is 28.0 Å². The lowest BCUT2D eigenvalue weighted by atomic mass is 10.1. The van der Waals surface area contributed by atoms with E-state index < -0.39 is 11.9 Å². The van der Waals surface area contributed by atoms with Gasteiger partial charge in [-0.2, -0.15) is 0 Å². The van der Waals surface area contributed by atoms with Gasteiger partial charge in [0.15, 0.2) is 0 Å². The number of carboxylic acid groups (broad SMARTS) is 1. The van der Waals surface area contributed by atoms with Crippen molar-refractivity contribution in [3.63, 3.8) is 0 Å². The molecule has 1 aromatic heterocycles. The van der Waals surface area contributed by atoms with Crippen LogP contribution in [0.15, 0.2) is 28.9 Å². The third kappa shape index (κ3) is 2.86. The molecule has 1 amide bonds. The Morgan fingerprint density at radius 2 is 2.16 bits per heavy atom. The van der Waals surface area contributed by atoms with Crippen LogP contribution in [0.5, 0.6) is 0 Å². The molecule has 0 bridgehead atoms. The van der Waals surface area contributed by atoms with Crippen molar-refractivity contribution in [3.05, 3.63) is 41.1 Å². The number of aromatic nitrogens is 2. The fourth-order valence-electron chi connectivity index (χ4n) is 1.43. The first kappa shape index (κ1) is 12.6. The van der Waals surface area contributed by atoms with E-state index in [1.165, 1.54) is 12.1 Å². The number of nitrogens with one attached hydrogen (secondary N) is 1. The fourth-order valence-corrected chi connectivity index (χ4v) is 1.43. The molecule has 0 aliphatic carbocycles. The average molecular weight is 262 g/mol. The lowest BCUT2D eigenvalue weighted by Gasteiger charge is -2.04. The van der Waals surface area contributed by atoms with E-state index >= 15 is 0 Å². The molecule has 0 fully saturated rings. The Morgan fingerprint density at radius 3 is 2.79 bits per heavy atom. The first-order chi connectivity index (χ1) is 9.08. The number of rotatable bonds is 4. The molecule has 8 heteroatoms. The van der Waals surface area contributed by atoms with Crippen LogP contribution >= 0.6 is 0 Å². The molecule has 0 saturated carbocycles. The van der Waals surface area contributed by atoms with Crippen LogP contribution in [-0.4, -0.2) is 27.3 Å². The van der Waals surface area contributed by atoms with Gasteiger partial charge in [0.05, 0.1) is 5.56 Å². The number of anilines is 1. The van der Waals surface area contributed by atoms with Crippen LogP contribution in [-0.2, 0) is 6.54 Å². The van der Waals surface area contributed by atoms with Crippen molar-refractivity contribution in [1.29, 1.82) is 0 Å². The molecule has 1 heterocycles. The van der Waals surface area contributed by atoms with Crippen molar-refractivity contribution in [2.75, 3.05) is 5.73 Å². The van der Waals surface area contributed by atoms with E-state index in [9.17, 15) is 9.59 Å². The summed E-state index contributed by atoms with van der Waals surface area (Å²) in [4.78, 5) is 22.4. The minimum absolute atomic E-state index is 0.100. The molecule has 2 rings (SSSR count). The van der Waals surface area contributed by atoms with E-state index in [0.29, 0.717) is 5.56 Å². The molecule has 0 unspecified atom stereocenters. The summed E-state index contributed by atoms with van der Waals surface area (Å²) in [5.74, 6) is -1.67. The molecule has 98 valence electrons. The van der Waals surface area contributed by atoms with Crippen molar-refractivity contribution >= 4 is 17.7 Å². The molecule has 19 heavy (non-hydrogen) atoms. The first-order valence-electron chi connectivity index (χ1n) is 5.26. The number of benzene rings is 1. The summed E-state index contributed by atoms with van der Waals surface area (Å²) in [6.45, 7) is 0.145. The summed E-state index contributed by atoms with van der Waals surface area (Å²) in [7, 11) is 0. The standard InChI is InChI=1S/C11H10N4O4/c12-9-8(14-19-15-9)10(16)13-5-6-2-1-3-7(4-6)11(17)18/h1-4H,5H2,(H2,12,15)(H,13,16)(H,17,18). The van der Waals surface area contributed by atoms with Gasteiger partial charge in [0, 0.05) is 6.54 Å². The van der Waals surface area contributed by atoms with Crippen LogP contribution in [0, 0.1) is 0 Å². The van der Waals surface area contributed by atoms with Crippen LogP contribution in [0.25, 0.3) is 0 Å². The third-order valence-electron chi connectivity index (χ3n) is 2.36. The minimum atomic E-state index is -1.03. The van der Waals surface area contributed by atoms with E-state index in [1.807, 2.05) is 0 Å². The molecule has 4 N–H and O–H groups in total. The Kier molecular flexibility index (Phi) is 3.42. The predicted molar refractivity (Wildman–Crippen MR) is 63.3 cm³/mol. The van der Waals surface area contributed by atoms with E-state index in [2.05, 4.69) is 20.3 Å². The number of carbonyl (C=O) groups excluding carboxylic acids is 1. The summed E-state index contributed by atoms with van der Waals surface area (Å²) < 4.78 is 4.31. The maximum Gasteiger partial charge on any atom is 0.335 e. The van der Waals surface area contributed by atoms with Crippen molar-refractivity contribution in [2.45, 2.75) is 6.54 Å². The largest absolute Gasteiger partial charge is 0.478 e. The Hall–Kier alpha value is -2.90. The van der Waals surface area contributed by atoms with Gasteiger partial charge in [-0.15, -0.1) is 0 Å². The monoisotopic (exact) mass is 262 g/mol. The smallest absolute Gasteiger partial charge is 0.335 e. The maximum atomic E-state index is 11.6. The summed E-state index contributed by atoms with van der Waals surface area (Å²) in [5, 5.41) is 18.0. The molecular formula is C11H10N4O4. The van der Waals surface area contributed by atoms with Crippen molar-refractivity contribution in [1.82, 2.24) is 15.6 Å². The lowest BCUT2D eigenvalue weighted by molar-refractivity contribution is 0.0696. The van der Waals surface area contributed by atoms with Gasteiger partial charge in [0.1, 0.15) is 0 Å². The molecule has 0 saturated heterocycles. The molecular weight excluding hydrogens is 252 g/mol. The summed E-state index contributed by atoms with van der Waals surface area (Å²) in [5.41, 5.74) is 6.06. The van der Waals surface area contributed by atoms with Crippen LogP contribution < -0.4 is 11.1 Å². The Balaban J connectivity index is 2.03. The fraction of sp³-hybridized carbons (Fsp3) is 0.0909. The molecule has 0 atom stereocenters. The number of nitrogens with two attached hydrogens (primary N) is 1. The van der Waals surface area contributed by atoms with Crippen molar-refractivity contribution in [2.24, 2.45) is 0 Å². The summed E-state index contributed by atoms with van der Waals surface area (Å²) >= 11 is 0. The van der Waals surface area contributed by atoms with Crippen LogP contribution in [0.4, 0.5) is 5.82 Å². The maximum absolute atomic E-state index is 11.6. The third-order valence-corrected chi connectivity index (χ3v) is 2.36. The SMILES string of the molecule is Nc1nonc1C(=O)NCc1cccc(C(=O)O)c1. The van der Waals surface area contributed by atoms with Gasteiger partial charge < -0.3 is 16.2 Å². The number of carboxylic acids is 1. The second-order valence-electron chi connectivity index (χ2n) is 3.69. The number of aromatic carboxylic acids is 1. The average Bonchev–Trinajstić information content (AvgIpc) is 2.82. The number of amides is 1.